The number of aliphatic hydroxyl groups is 3. The summed E-state index contributed by atoms with van der Waals surface area (Å²) in [6, 6.07) is 18.2. The van der Waals surface area contributed by atoms with E-state index in [9.17, 15) is 39.8 Å². The lowest BCUT2D eigenvalue weighted by Crippen LogP contribution is -2.74. The van der Waals surface area contributed by atoms with Crippen molar-refractivity contribution in [3.63, 3.8) is 0 Å². The number of nitrogens with zero attached hydrogens (tertiary/aromatic N) is 2. The van der Waals surface area contributed by atoms with Gasteiger partial charge in [-0.2, -0.15) is 5.26 Å². The normalized spacial score (nSPS) is 20.5. The molecule has 0 spiro atoms. The number of nitriles is 1. The standard InChI is InChI=1S/C47H60ClN5O10/c1-45(2,3)38(41(58)53-26-32(54)22-36(53)40(57)50-25-28-10-12-30(13-11-28)42(59)60)51-37(55)27-61-20-8-9-21-62-33-17-14-29(15-18-33)39(56)52-43-46(4,5)44(47(43,6)7)63-34-19-16-31(24-49)35(48)23-34/h10-19,23,32,36,38,42-44,54,59-60H,8-9,20-22,25-27H2,1-7H3,(H,50,57)(H,51,55)(H,52,56)/t32-,36?,38?,43-,44-/m1/s1. The summed E-state index contributed by atoms with van der Waals surface area (Å²) in [6.45, 7) is 14.0. The Labute approximate surface area is 374 Å². The first-order chi connectivity index (χ1) is 29.6. The first-order valence-electron chi connectivity index (χ1n) is 21.1. The summed E-state index contributed by atoms with van der Waals surface area (Å²) in [4.78, 5) is 54.7. The fourth-order valence-electron chi connectivity index (χ4n) is 8.61. The van der Waals surface area contributed by atoms with E-state index in [1.165, 1.54) is 17.0 Å². The van der Waals surface area contributed by atoms with Crippen molar-refractivity contribution in [1.82, 2.24) is 20.9 Å². The number of unbranched alkanes of at least 4 members (excludes halogenated alkanes) is 1. The molecule has 1 heterocycles. The molecule has 3 atom stereocenters. The Hall–Kier alpha value is -5.24. The van der Waals surface area contributed by atoms with E-state index < -0.39 is 58.4 Å². The molecule has 340 valence electrons. The second kappa shape index (κ2) is 20.5. The van der Waals surface area contributed by atoms with Gasteiger partial charge in [0.05, 0.1) is 23.3 Å². The zero-order valence-electron chi connectivity index (χ0n) is 36.9. The van der Waals surface area contributed by atoms with Gasteiger partial charge in [-0.25, -0.2) is 0 Å². The molecule has 6 N–H and O–H groups in total. The summed E-state index contributed by atoms with van der Waals surface area (Å²) < 4.78 is 17.8. The molecule has 1 saturated carbocycles. The Morgan fingerprint density at radius 3 is 2.17 bits per heavy atom. The van der Waals surface area contributed by atoms with Crippen LogP contribution in [0.5, 0.6) is 11.5 Å². The van der Waals surface area contributed by atoms with E-state index in [0.29, 0.717) is 58.2 Å². The van der Waals surface area contributed by atoms with E-state index in [1.54, 1.807) is 75.4 Å². The van der Waals surface area contributed by atoms with Crippen molar-refractivity contribution in [2.45, 2.75) is 111 Å². The monoisotopic (exact) mass is 889 g/mol. The molecule has 0 bridgehead atoms. The number of rotatable bonds is 18. The molecular weight excluding hydrogens is 830 g/mol. The number of benzene rings is 3. The van der Waals surface area contributed by atoms with Crippen molar-refractivity contribution in [2.75, 3.05) is 26.4 Å². The molecule has 0 aromatic heterocycles. The highest BCUT2D eigenvalue weighted by molar-refractivity contribution is 6.31. The molecule has 1 aliphatic heterocycles. The molecule has 2 aliphatic rings. The van der Waals surface area contributed by atoms with Crippen LogP contribution in [-0.4, -0.2) is 101 Å². The van der Waals surface area contributed by atoms with Crippen LogP contribution in [0, 0.1) is 27.6 Å². The third-order valence-electron chi connectivity index (χ3n) is 11.8. The zero-order chi connectivity index (χ0) is 46.3. The van der Waals surface area contributed by atoms with E-state index in [1.807, 2.05) is 33.8 Å². The lowest BCUT2D eigenvalue weighted by molar-refractivity contribution is -0.164. The van der Waals surface area contributed by atoms with Crippen molar-refractivity contribution in [2.24, 2.45) is 16.2 Å². The van der Waals surface area contributed by atoms with Crippen LogP contribution in [0.4, 0.5) is 0 Å². The predicted molar refractivity (Wildman–Crippen MR) is 234 cm³/mol. The lowest BCUT2D eigenvalue weighted by atomic mass is 9.49. The maximum Gasteiger partial charge on any atom is 0.251 e. The first kappa shape index (κ1) is 48.8. The molecule has 2 unspecified atom stereocenters. The minimum absolute atomic E-state index is 0.0449. The second-order valence-corrected chi connectivity index (χ2v) is 18.9. The highest BCUT2D eigenvalue weighted by Crippen LogP contribution is 2.55. The van der Waals surface area contributed by atoms with Crippen molar-refractivity contribution >= 4 is 35.2 Å². The highest BCUT2D eigenvalue weighted by Gasteiger charge is 2.64. The van der Waals surface area contributed by atoms with E-state index >= 15 is 0 Å². The molecule has 3 aromatic rings. The van der Waals surface area contributed by atoms with Gasteiger partial charge < -0.3 is 50.4 Å². The van der Waals surface area contributed by atoms with Crippen LogP contribution in [0.2, 0.25) is 5.02 Å². The van der Waals surface area contributed by atoms with E-state index in [0.717, 1.165) is 0 Å². The number of halogens is 1. The van der Waals surface area contributed by atoms with Crippen molar-refractivity contribution in [3.8, 4) is 17.6 Å². The number of hydrogen-bond acceptors (Lipinski definition) is 11. The predicted octanol–water partition coefficient (Wildman–Crippen LogP) is 4.79. The molecule has 3 aromatic carbocycles. The SMILES string of the molecule is CC(C)(C)C(NC(=O)COCCCCOc1ccc(C(=O)N[C@H]2C(C)(C)[C@H](Oc3ccc(C#N)c(Cl)c3)C2(C)C)cc1)C(=O)N1C[C@H](O)CC1C(=O)NCc1ccc(C(O)O)cc1. The summed E-state index contributed by atoms with van der Waals surface area (Å²) in [7, 11) is 0. The fraction of sp³-hybridized carbons (Fsp3) is 0.511. The van der Waals surface area contributed by atoms with Gasteiger partial charge in [-0.15, -0.1) is 0 Å². The molecule has 1 aliphatic carbocycles. The molecule has 5 rings (SSSR count). The Kier molecular flexibility index (Phi) is 15.9. The van der Waals surface area contributed by atoms with Gasteiger partial charge in [0, 0.05) is 60.2 Å². The van der Waals surface area contributed by atoms with Crippen LogP contribution in [0.25, 0.3) is 0 Å². The Morgan fingerprint density at radius 1 is 0.937 bits per heavy atom. The van der Waals surface area contributed by atoms with Crippen LogP contribution in [0.3, 0.4) is 0 Å². The summed E-state index contributed by atoms with van der Waals surface area (Å²) in [5.41, 5.74) is 0.348. The van der Waals surface area contributed by atoms with Crippen molar-refractivity contribution < 1.29 is 48.7 Å². The lowest BCUT2D eigenvalue weighted by Gasteiger charge is -2.63. The third kappa shape index (κ3) is 12.1. The molecule has 15 nitrogen and oxygen atoms in total. The number of ether oxygens (including phenoxy) is 3. The van der Waals surface area contributed by atoms with Crippen LogP contribution in [0.15, 0.2) is 66.7 Å². The number of hydrogen-bond donors (Lipinski definition) is 6. The summed E-state index contributed by atoms with van der Waals surface area (Å²) in [5, 5.41) is 47.4. The largest absolute Gasteiger partial charge is 0.494 e. The van der Waals surface area contributed by atoms with Crippen molar-refractivity contribution in [3.05, 3.63) is 94.0 Å². The van der Waals surface area contributed by atoms with Gasteiger partial charge in [0.2, 0.25) is 17.7 Å². The summed E-state index contributed by atoms with van der Waals surface area (Å²) >= 11 is 6.22. The number of aliphatic hydroxyl groups excluding tert-OH is 2. The number of likely N-dealkylation sites (tertiary alicyclic amines) is 1. The van der Waals surface area contributed by atoms with E-state index in [-0.39, 0.29) is 50.8 Å². The summed E-state index contributed by atoms with van der Waals surface area (Å²) in [6.07, 6.45) is -1.47. The number of carbonyl (C=O) groups is 4. The minimum atomic E-state index is -1.61. The van der Waals surface area contributed by atoms with Crippen molar-refractivity contribution in [1.29, 1.82) is 5.26 Å². The molecule has 63 heavy (non-hydrogen) atoms. The van der Waals surface area contributed by atoms with Crippen LogP contribution in [-0.2, 0) is 25.7 Å². The topological polar surface area (TPSA) is 220 Å². The van der Waals surface area contributed by atoms with Gasteiger partial charge in [0.25, 0.3) is 5.91 Å². The first-order valence-corrected chi connectivity index (χ1v) is 21.5. The van der Waals surface area contributed by atoms with Gasteiger partial charge in [0.15, 0.2) is 6.29 Å². The van der Waals surface area contributed by atoms with Crippen LogP contribution in [0.1, 0.15) is 101 Å². The maximum atomic E-state index is 13.9. The average molecular weight is 890 g/mol. The Morgan fingerprint density at radius 2 is 1.57 bits per heavy atom. The zero-order valence-corrected chi connectivity index (χ0v) is 37.7. The number of nitrogens with one attached hydrogen (secondary N) is 3. The molecular formula is C47H60ClN5O10. The van der Waals surface area contributed by atoms with Gasteiger partial charge in [-0.05, 0) is 60.2 Å². The molecule has 1 saturated heterocycles. The van der Waals surface area contributed by atoms with Gasteiger partial charge in [0.1, 0.15) is 42.4 Å². The quantitative estimate of drug-likeness (QED) is 0.0754. The number of carbonyl (C=O) groups excluding carboxylic acids is 4. The van der Waals surface area contributed by atoms with E-state index in [4.69, 9.17) is 25.8 Å². The number of amides is 4. The third-order valence-corrected chi connectivity index (χ3v) is 12.1. The molecule has 16 heteroatoms. The highest BCUT2D eigenvalue weighted by atomic mass is 35.5. The minimum Gasteiger partial charge on any atom is -0.494 e. The summed E-state index contributed by atoms with van der Waals surface area (Å²) in [5.74, 6) is -0.485. The Bertz CT molecular complexity index is 2120. The number of β-amino-alcohol motifs (C(OH)–C–C–N with tert-alkyl or cyclic N) is 1. The maximum absolute atomic E-state index is 13.9. The molecule has 2 fully saturated rings. The smallest absolute Gasteiger partial charge is 0.251 e. The second-order valence-electron chi connectivity index (χ2n) is 18.5. The molecule has 4 amide bonds. The van der Waals surface area contributed by atoms with E-state index in [2.05, 4.69) is 16.0 Å². The average Bonchev–Trinajstić information content (AvgIpc) is 3.63. The van der Waals surface area contributed by atoms with Crippen LogP contribution < -0.4 is 25.4 Å². The molecule has 0 radical (unpaired) electrons. The van der Waals surface area contributed by atoms with Gasteiger partial charge >= 0.3 is 0 Å². The van der Waals surface area contributed by atoms with Gasteiger partial charge in [-0.1, -0.05) is 84.3 Å². The fourth-order valence-corrected chi connectivity index (χ4v) is 8.82. The Balaban J connectivity index is 1.01. The van der Waals surface area contributed by atoms with Gasteiger partial charge in [-0.3, -0.25) is 19.2 Å². The van der Waals surface area contributed by atoms with Crippen LogP contribution >= 0.6 is 11.6 Å².